The first-order chi connectivity index (χ1) is 9.06. The van der Waals surface area contributed by atoms with E-state index in [-0.39, 0.29) is 24.6 Å². The summed E-state index contributed by atoms with van der Waals surface area (Å²) < 4.78 is 1.45. The van der Waals surface area contributed by atoms with Crippen molar-refractivity contribution in [2.75, 3.05) is 6.61 Å². The van der Waals surface area contributed by atoms with Gasteiger partial charge in [-0.25, -0.2) is 4.79 Å². The number of aliphatic hydroxyl groups excluding tert-OH is 1. The topological polar surface area (TPSA) is 124 Å². The Hall–Kier alpha value is -2.05. The molecule has 0 unspecified atom stereocenters. The van der Waals surface area contributed by atoms with Crippen LogP contribution >= 0.6 is 0 Å². The Labute approximate surface area is 108 Å². The highest BCUT2D eigenvalue weighted by Gasteiger charge is 2.34. The Kier molecular flexibility index (Phi) is 3.73. The fraction of sp³-hybridized carbons (Fsp3) is 0.636. The molecular weight excluding hydrogens is 250 g/mol. The highest BCUT2D eigenvalue weighted by Crippen LogP contribution is 2.35. The minimum Gasteiger partial charge on any atom is -0.396 e. The Morgan fingerprint density at radius 1 is 1.58 bits per heavy atom. The van der Waals surface area contributed by atoms with Crippen molar-refractivity contribution in [1.82, 2.24) is 9.55 Å². The zero-order chi connectivity index (χ0) is 14.0. The van der Waals surface area contributed by atoms with Crippen LogP contribution in [0.15, 0.2) is 20.9 Å². The minimum atomic E-state index is -0.473. The molecule has 19 heavy (non-hydrogen) atoms. The van der Waals surface area contributed by atoms with Crippen LogP contribution in [-0.4, -0.2) is 27.3 Å². The van der Waals surface area contributed by atoms with Crippen LogP contribution in [0, 0.1) is 12.8 Å². The molecule has 8 nitrogen and oxygen atoms in total. The second kappa shape index (κ2) is 5.29. The van der Waals surface area contributed by atoms with Gasteiger partial charge in [0.15, 0.2) is 0 Å². The van der Waals surface area contributed by atoms with Gasteiger partial charge in [0.1, 0.15) is 0 Å². The molecule has 2 rings (SSSR count). The summed E-state index contributed by atoms with van der Waals surface area (Å²) in [5, 5.41) is 12.9. The van der Waals surface area contributed by atoms with Crippen LogP contribution in [0.3, 0.4) is 0 Å². The second-order valence-corrected chi connectivity index (χ2v) is 4.82. The number of azide groups is 1. The van der Waals surface area contributed by atoms with Gasteiger partial charge in [0.2, 0.25) is 0 Å². The zero-order valence-electron chi connectivity index (χ0n) is 10.5. The van der Waals surface area contributed by atoms with E-state index < -0.39 is 11.2 Å². The number of rotatable bonds is 3. The van der Waals surface area contributed by atoms with Crippen LogP contribution in [0.2, 0.25) is 0 Å². The van der Waals surface area contributed by atoms with Crippen molar-refractivity contribution in [1.29, 1.82) is 0 Å². The van der Waals surface area contributed by atoms with E-state index in [1.54, 1.807) is 6.92 Å². The monoisotopic (exact) mass is 265 g/mol. The van der Waals surface area contributed by atoms with Gasteiger partial charge in [-0.15, -0.1) is 0 Å². The Bertz CT molecular complexity index is 628. The van der Waals surface area contributed by atoms with E-state index in [1.807, 2.05) is 0 Å². The standard InChI is InChI=1S/C11H15N5O3/c1-6-4-16(11(19)13-10(6)18)8-2-7(5-17)9(3-8)14-15-12/h4,7-9,17H,2-3,5H2,1H3,(H,13,18,19)/t7-,8-,9-/m1/s1. The highest BCUT2D eigenvalue weighted by atomic mass is 16.3. The number of H-pyrrole nitrogens is 1. The molecule has 0 saturated heterocycles. The van der Waals surface area contributed by atoms with E-state index in [4.69, 9.17) is 5.53 Å². The summed E-state index contributed by atoms with van der Waals surface area (Å²) in [6, 6.07) is -0.491. The van der Waals surface area contributed by atoms with Crippen molar-refractivity contribution in [3.63, 3.8) is 0 Å². The van der Waals surface area contributed by atoms with Gasteiger partial charge in [0.25, 0.3) is 5.56 Å². The molecule has 0 aliphatic heterocycles. The highest BCUT2D eigenvalue weighted by molar-refractivity contribution is 5.03. The molecule has 0 spiro atoms. The quantitative estimate of drug-likeness (QED) is 0.468. The van der Waals surface area contributed by atoms with Crippen molar-refractivity contribution in [2.24, 2.45) is 11.0 Å². The van der Waals surface area contributed by atoms with Gasteiger partial charge in [-0.05, 0) is 31.2 Å². The summed E-state index contributed by atoms with van der Waals surface area (Å²) in [5.74, 6) is -0.153. The normalized spacial score (nSPS) is 26.1. The van der Waals surface area contributed by atoms with Crippen molar-refractivity contribution in [2.45, 2.75) is 31.8 Å². The maximum Gasteiger partial charge on any atom is 0.328 e. The van der Waals surface area contributed by atoms with Gasteiger partial charge < -0.3 is 5.11 Å². The first-order valence-corrected chi connectivity index (χ1v) is 6.04. The lowest BCUT2D eigenvalue weighted by molar-refractivity contribution is 0.215. The van der Waals surface area contributed by atoms with Crippen LogP contribution in [0.25, 0.3) is 10.4 Å². The third-order valence-electron chi connectivity index (χ3n) is 3.61. The minimum absolute atomic E-state index is 0.0860. The van der Waals surface area contributed by atoms with Crippen LogP contribution < -0.4 is 11.2 Å². The fourth-order valence-corrected chi connectivity index (χ4v) is 2.56. The van der Waals surface area contributed by atoms with Crippen molar-refractivity contribution >= 4 is 0 Å². The number of aliphatic hydroxyl groups is 1. The molecule has 102 valence electrons. The summed E-state index contributed by atoms with van der Waals surface area (Å²) in [6.45, 7) is 1.54. The predicted molar refractivity (Wildman–Crippen MR) is 67.8 cm³/mol. The Morgan fingerprint density at radius 2 is 2.32 bits per heavy atom. The number of aromatic amines is 1. The average Bonchev–Trinajstić information content (AvgIpc) is 2.77. The maximum atomic E-state index is 11.8. The number of hydrogen-bond donors (Lipinski definition) is 2. The number of hydrogen-bond acceptors (Lipinski definition) is 4. The third kappa shape index (κ3) is 2.54. The molecule has 8 heteroatoms. The van der Waals surface area contributed by atoms with Crippen molar-refractivity contribution in [3.8, 4) is 0 Å². The smallest absolute Gasteiger partial charge is 0.328 e. The van der Waals surface area contributed by atoms with Gasteiger partial charge in [-0.2, -0.15) is 0 Å². The second-order valence-electron chi connectivity index (χ2n) is 4.82. The lowest BCUT2D eigenvalue weighted by Gasteiger charge is -2.13. The first-order valence-electron chi connectivity index (χ1n) is 6.04. The lowest BCUT2D eigenvalue weighted by Crippen LogP contribution is -2.32. The van der Waals surface area contributed by atoms with Crippen LogP contribution in [0.5, 0.6) is 0 Å². The number of aryl methyl sites for hydroxylation is 1. The Morgan fingerprint density at radius 3 is 2.95 bits per heavy atom. The number of nitrogens with one attached hydrogen (secondary N) is 1. The summed E-state index contributed by atoms with van der Waals surface area (Å²) >= 11 is 0. The molecule has 1 aliphatic carbocycles. The molecule has 3 atom stereocenters. The SMILES string of the molecule is Cc1cn([C@@H]2C[C@H](CO)[C@H](N=[N+]=[N-])C2)c(=O)[nH]c1=O. The van der Waals surface area contributed by atoms with E-state index in [0.717, 1.165) is 0 Å². The molecule has 0 radical (unpaired) electrons. The van der Waals surface area contributed by atoms with Crippen LogP contribution in [0.1, 0.15) is 24.4 Å². The van der Waals surface area contributed by atoms with Crippen LogP contribution in [-0.2, 0) is 0 Å². The van der Waals surface area contributed by atoms with Crippen molar-refractivity contribution < 1.29 is 5.11 Å². The van der Waals surface area contributed by atoms with E-state index in [9.17, 15) is 14.7 Å². The largest absolute Gasteiger partial charge is 0.396 e. The summed E-state index contributed by atoms with van der Waals surface area (Å²) in [7, 11) is 0. The van der Waals surface area contributed by atoms with E-state index in [2.05, 4.69) is 15.0 Å². The molecule has 0 bridgehead atoms. The molecule has 1 aromatic rings. The predicted octanol–water partition coefficient (Wildman–Crippen LogP) is 0.467. The molecule has 1 aromatic heterocycles. The summed E-state index contributed by atoms with van der Waals surface area (Å²) in [5.41, 5.74) is 8.07. The Balaban J connectivity index is 2.34. The molecular formula is C11H15N5O3. The first kappa shape index (κ1) is 13.4. The third-order valence-corrected chi connectivity index (χ3v) is 3.61. The fourth-order valence-electron chi connectivity index (χ4n) is 2.56. The van der Waals surface area contributed by atoms with Crippen molar-refractivity contribution in [3.05, 3.63) is 43.0 Å². The van der Waals surface area contributed by atoms with Gasteiger partial charge in [0, 0.05) is 35.4 Å². The van der Waals surface area contributed by atoms with E-state index >= 15 is 0 Å². The number of aromatic nitrogens is 2. The van der Waals surface area contributed by atoms with Gasteiger partial charge >= 0.3 is 5.69 Å². The number of nitrogens with zero attached hydrogens (tertiary/aromatic N) is 4. The summed E-state index contributed by atoms with van der Waals surface area (Å²) in [6.07, 6.45) is 2.55. The summed E-state index contributed by atoms with van der Waals surface area (Å²) in [4.78, 5) is 28.1. The van der Waals surface area contributed by atoms with E-state index in [1.165, 1.54) is 10.8 Å². The molecule has 1 heterocycles. The van der Waals surface area contributed by atoms with Gasteiger partial charge in [-0.1, -0.05) is 5.11 Å². The molecule has 1 saturated carbocycles. The lowest BCUT2D eigenvalue weighted by atomic mass is 10.1. The maximum absolute atomic E-state index is 11.8. The molecule has 0 amide bonds. The van der Waals surface area contributed by atoms with E-state index in [0.29, 0.717) is 18.4 Å². The molecule has 0 aromatic carbocycles. The van der Waals surface area contributed by atoms with Gasteiger partial charge in [-0.3, -0.25) is 14.3 Å². The van der Waals surface area contributed by atoms with Crippen LogP contribution in [0.4, 0.5) is 0 Å². The molecule has 1 fully saturated rings. The van der Waals surface area contributed by atoms with Gasteiger partial charge in [0.05, 0.1) is 0 Å². The average molecular weight is 265 g/mol. The molecule has 1 aliphatic rings. The molecule has 2 N–H and O–H groups in total. The zero-order valence-corrected chi connectivity index (χ0v) is 10.5.